The van der Waals surface area contributed by atoms with Crippen LogP contribution in [0.2, 0.25) is 0 Å². The first-order valence-corrected chi connectivity index (χ1v) is 6.16. The molecule has 1 aromatic carbocycles. The van der Waals surface area contributed by atoms with Crippen molar-refractivity contribution in [2.75, 3.05) is 0 Å². The van der Waals surface area contributed by atoms with Crippen LogP contribution in [-0.2, 0) is 12.5 Å². The second kappa shape index (κ2) is 4.56. The molecule has 2 rings (SSSR count). The summed E-state index contributed by atoms with van der Waals surface area (Å²) in [6, 6.07) is 9.86. The lowest BCUT2D eigenvalue weighted by Gasteiger charge is -2.29. The molecule has 0 spiro atoms. The monoisotopic (exact) mass is 246 g/mol. The maximum atomic E-state index is 13.8. The highest BCUT2D eigenvalue weighted by Gasteiger charge is 2.30. The highest BCUT2D eigenvalue weighted by Crippen LogP contribution is 2.35. The van der Waals surface area contributed by atoms with Gasteiger partial charge in [0.25, 0.3) is 0 Å². The van der Waals surface area contributed by atoms with E-state index in [0.29, 0.717) is 0 Å². The van der Waals surface area contributed by atoms with E-state index in [1.54, 1.807) is 11.6 Å². The van der Waals surface area contributed by atoms with Crippen LogP contribution in [0.15, 0.2) is 36.5 Å². The molecule has 0 unspecified atom stereocenters. The summed E-state index contributed by atoms with van der Waals surface area (Å²) in [5, 5.41) is 4.41. The van der Waals surface area contributed by atoms with E-state index in [0.717, 1.165) is 16.8 Å². The second-order valence-electron chi connectivity index (χ2n) is 5.26. The largest absolute Gasteiger partial charge is 0.275 e. The van der Waals surface area contributed by atoms with Crippen molar-refractivity contribution in [2.24, 2.45) is 7.05 Å². The molecular weight excluding hydrogens is 227 g/mol. The fourth-order valence-electron chi connectivity index (χ4n) is 2.04. The van der Waals surface area contributed by atoms with E-state index in [4.69, 9.17) is 0 Å². The molecular formula is C15H19FN2. The summed E-state index contributed by atoms with van der Waals surface area (Å²) in [5.41, 5.74) is 2.38. The number of aromatic nitrogens is 2. The lowest BCUT2D eigenvalue weighted by molar-refractivity contribution is 0.237. The van der Waals surface area contributed by atoms with Crippen molar-refractivity contribution in [1.82, 2.24) is 9.78 Å². The van der Waals surface area contributed by atoms with Crippen LogP contribution in [0.1, 0.15) is 26.3 Å². The van der Waals surface area contributed by atoms with Gasteiger partial charge in [0, 0.05) is 24.2 Å². The van der Waals surface area contributed by atoms with Crippen LogP contribution in [0.25, 0.3) is 11.3 Å². The number of aryl methyl sites for hydroxylation is 1. The molecule has 0 bridgehead atoms. The van der Waals surface area contributed by atoms with Crippen LogP contribution in [0.5, 0.6) is 0 Å². The van der Waals surface area contributed by atoms with Gasteiger partial charge in [-0.25, -0.2) is 4.39 Å². The first-order valence-electron chi connectivity index (χ1n) is 6.16. The summed E-state index contributed by atoms with van der Waals surface area (Å²) < 4.78 is 15.6. The molecule has 1 atom stereocenters. The van der Waals surface area contributed by atoms with Crippen molar-refractivity contribution < 1.29 is 4.39 Å². The summed E-state index contributed by atoms with van der Waals surface area (Å²) in [6.07, 6.45) is 0.986. The van der Waals surface area contributed by atoms with Crippen LogP contribution in [0.3, 0.4) is 0 Å². The minimum Gasteiger partial charge on any atom is -0.275 e. The molecule has 0 fully saturated rings. The second-order valence-corrected chi connectivity index (χ2v) is 5.26. The molecule has 0 saturated heterocycles. The average molecular weight is 246 g/mol. The summed E-state index contributed by atoms with van der Waals surface area (Å²) in [6.45, 7) is 5.47. The third kappa shape index (κ3) is 2.17. The molecule has 0 aliphatic rings. The standard InChI is InChI=1S/C15H19FN2/c1-11(16)15(2,3)13-8-6-5-7-12(13)14-9-10-18(4)17-14/h5-11H,1-4H3/t11-/m1/s1. The van der Waals surface area contributed by atoms with Crippen LogP contribution < -0.4 is 0 Å². The lowest BCUT2D eigenvalue weighted by Crippen LogP contribution is -2.28. The Morgan fingerprint density at radius 2 is 1.89 bits per heavy atom. The van der Waals surface area contributed by atoms with Gasteiger partial charge >= 0.3 is 0 Å². The Kier molecular flexibility index (Phi) is 3.24. The number of alkyl halides is 1. The Morgan fingerprint density at radius 3 is 2.44 bits per heavy atom. The molecule has 0 aliphatic heterocycles. The summed E-state index contributed by atoms with van der Waals surface area (Å²) in [4.78, 5) is 0. The van der Waals surface area contributed by atoms with Crippen LogP contribution in [0.4, 0.5) is 4.39 Å². The quantitative estimate of drug-likeness (QED) is 0.807. The molecule has 18 heavy (non-hydrogen) atoms. The highest BCUT2D eigenvalue weighted by molar-refractivity contribution is 5.65. The zero-order valence-electron chi connectivity index (χ0n) is 11.3. The highest BCUT2D eigenvalue weighted by atomic mass is 19.1. The molecule has 1 aromatic heterocycles. The number of rotatable bonds is 3. The molecule has 1 heterocycles. The summed E-state index contributed by atoms with van der Waals surface area (Å²) in [5.74, 6) is 0. The van der Waals surface area contributed by atoms with E-state index in [2.05, 4.69) is 5.10 Å². The molecule has 0 amide bonds. The molecule has 0 aliphatic carbocycles. The number of nitrogens with zero attached hydrogens (tertiary/aromatic N) is 2. The predicted molar refractivity (Wildman–Crippen MR) is 72.2 cm³/mol. The minimum absolute atomic E-state index is 0.520. The van der Waals surface area contributed by atoms with Gasteiger partial charge in [-0.15, -0.1) is 0 Å². The van der Waals surface area contributed by atoms with E-state index >= 15 is 0 Å². The maximum Gasteiger partial charge on any atom is 0.106 e. The number of benzene rings is 1. The molecule has 96 valence electrons. The number of halogens is 1. The predicted octanol–water partition coefficient (Wildman–Crippen LogP) is 3.72. The molecule has 0 radical (unpaired) electrons. The fourth-order valence-corrected chi connectivity index (χ4v) is 2.04. The van der Waals surface area contributed by atoms with Crippen molar-refractivity contribution in [3.05, 3.63) is 42.1 Å². The molecule has 2 nitrogen and oxygen atoms in total. The van der Waals surface area contributed by atoms with E-state index in [1.807, 2.05) is 57.4 Å². The average Bonchev–Trinajstić information content (AvgIpc) is 2.75. The van der Waals surface area contributed by atoms with Crippen molar-refractivity contribution in [3.8, 4) is 11.3 Å². The Hall–Kier alpha value is -1.64. The zero-order valence-corrected chi connectivity index (χ0v) is 11.3. The van der Waals surface area contributed by atoms with Gasteiger partial charge in [0.2, 0.25) is 0 Å². The lowest BCUT2D eigenvalue weighted by atomic mass is 9.78. The minimum atomic E-state index is -0.914. The van der Waals surface area contributed by atoms with E-state index in [-0.39, 0.29) is 0 Å². The van der Waals surface area contributed by atoms with Gasteiger partial charge in [-0.3, -0.25) is 4.68 Å². The summed E-state index contributed by atoms with van der Waals surface area (Å²) in [7, 11) is 1.88. The van der Waals surface area contributed by atoms with Crippen molar-refractivity contribution in [2.45, 2.75) is 32.4 Å². The van der Waals surface area contributed by atoms with Crippen LogP contribution >= 0.6 is 0 Å². The SMILES string of the molecule is C[C@@H](F)C(C)(C)c1ccccc1-c1ccn(C)n1. The van der Waals surface area contributed by atoms with Crippen LogP contribution in [-0.4, -0.2) is 16.0 Å². The molecule has 0 saturated carbocycles. The van der Waals surface area contributed by atoms with Crippen molar-refractivity contribution in [1.29, 1.82) is 0 Å². The Bertz CT molecular complexity index is 541. The number of hydrogen-bond donors (Lipinski definition) is 0. The molecule has 2 aromatic rings. The first-order chi connectivity index (χ1) is 8.43. The number of hydrogen-bond acceptors (Lipinski definition) is 1. The van der Waals surface area contributed by atoms with Gasteiger partial charge in [-0.05, 0) is 18.6 Å². The van der Waals surface area contributed by atoms with E-state index in [9.17, 15) is 4.39 Å². The van der Waals surface area contributed by atoms with Gasteiger partial charge in [0.1, 0.15) is 6.17 Å². The van der Waals surface area contributed by atoms with Gasteiger partial charge < -0.3 is 0 Å². The maximum absolute atomic E-state index is 13.8. The molecule has 0 N–H and O–H groups in total. The molecule has 3 heteroatoms. The van der Waals surface area contributed by atoms with E-state index < -0.39 is 11.6 Å². The van der Waals surface area contributed by atoms with Crippen molar-refractivity contribution >= 4 is 0 Å². The Morgan fingerprint density at radius 1 is 1.22 bits per heavy atom. The van der Waals surface area contributed by atoms with Gasteiger partial charge in [0.15, 0.2) is 0 Å². The normalized spacial score (nSPS) is 13.6. The van der Waals surface area contributed by atoms with Gasteiger partial charge in [-0.2, -0.15) is 5.10 Å². The van der Waals surface area contributed by atoms with E-state index in [1.165, 1.54) is 0 Å². The van der Waals surface area contributed by atoms with Crippen LogP contribution in [0, 0.1) is 0 Å². The zero-order chi connectivity index (χ0) is 13.3. The summed E-state index contributed by atoms with van der Waals surface area (Å²) >= 11 is 0. The Balaban J connectivity index is 2.56. The fraction of sp³-hybridized carbons (Fsp3) is 0.400. The Labute approximate surface area is 107 Å². The van der Waals surface area contributed by atoms with Gasteiger partial charge in [0.05, 0.1) is 5.69 Å². The first kappa shape index (κ1) is 12.8. The van der Waals surface area contributed by atoms with Gasteiger partial charge in [-0.1, -0.05) is 38.1 Å². The smallest absolute Gasteiger partial charge is 0.106 e. The topological polar surface area (TPSA) is 17.8 Å². The van der Waals surface area contributed by atoms with Crippen molar-refractivity contribution in [3.63, 3.8) is 0 Å². The third-order valence-electron chi connectivity index (χ3n) is 3.61. The third-order valence-corrected chi connectivity index (χ3v) is 3.61.